The van der Waals surface area contributed by atoms with E-state index in [1.54, 1.807) is 0 Å². The Morgan fingerprint density at radius 2 is 1.95 bits per heavy atom. The van der Waals surface area contributed by atoms with Gasteiger partial charge in [0.1, 0.15) is 0 Å². The van der Waals surface area contributed by atoms with E-state index in [1.165, 1.54) is 31.4 Å². The van der Waals surface area contributed by atoms with Gasteiger partial charge in [0.15, 0.2) is 5.78 Å². The summed E-state index contributed by atoms with van der Waals surface area (Å²) in [5, 5.41) is 0. The van der Waals surface area contributed by atoms with Crippen LogP contribution in [0.25, 0.3) is 0 Å². The minimum absolute atomic E-state index is 0.181. The third-order valence-corrected chi connectivity index (χ3v) is 5.58. The largest absolute Gasteiger partial charge is 0.369 e. The molecule has 1 aliphatic rings. The predicted octanol–water partition coefficient (Wildman–Crippen LogP) is 4.61. The van der Waals surface area contributed by atoms with Crippen LogP contribution in [0.4, 0.5) is 5.69 Å². The Labute approximate surface area is 136 Å². The molecule has 0 N–H and O–H groups in total. The highest BCUT2D eigenvalue weighted by atomic mass is 127. The number of hydrogen-bond donors (Lipinski definition) is 0. The van der Waals surface area contributed by atoms with Crippen LogP contribution < -0.4 is 4.90 Å². The number of para-hydroxylation sites is 1. The van der Waals surface area contributed by atoms with Crippen molar-refractivity contribution < 1.29 is 4.79 Å². The number of benzene rings is 1. The topological polar surface area (TPSA) is 20.3 Å². The lowest BCUT2D eigenvalue weighted by molar-refractivity contribution is -0.121. The molecule has 0 aromatic heterocycles. The number of alkyl halides is 1. The molecule has 0 saturated carbocycles. The summed E-state index contributed by atoms with van der Waals surface area (Å²) >= 11 is 2.42. The van der Waals surface area contributed by atoms with Gasteiger partial charge in [-0.3, -0.25) is 4.79 Å². The Bertz CT molecular complexity index is 434. The zero-order valence-corrected chi connectivity index (χ0v) is 14.4. The summed E-state index contributed by atoms with van der Waals surface area (Å²) in [6.45, 7) is 3.95. The molecule has 1 aliphatic heterocycles. The van der Waals surface area contributed by atoms with E-state index >= 15 is 0 Å². The summed E-state index contributed by atoms with van der Waals surface area (Å²) in [5.74, 6) is 0.446. The van der Waals surface area contributed by atoms with E-state index < -0.39 is 0 Å². The van der Waals surface area contributed by atoms with Crippen molar-refractivity contribution in [1.82, 2.24) is 0 Å². The predicted molar refractivity (Wildman–Crippen MR) is 93.8 cm³/mol. The van der Waals surface area contributed by atoms with Gasteiger partial charge in [-0.2, -0.15) is 0 Å². The number of carbonyl (C=O) groups is 1. The number of anilines is 1. The Morgan fingerprint density at radius 3 is 2.65 bits per heavy atom. The summed E-state index contributed by atoms with van der Waals surface area (Å²) in [5.41, 5.74) is 1.24. The first kappa shape index (κ1) is 15.8. The Kier molecular flexibility index (Phi) is 5.87. The van der Waals surface area contributed by atoms with Crippen molar-refractivity contribution >= 4 is 34.1 Å². The van der Waals surface area contributed by atoms with Gasteiger partial charge in [0, 0.05) is 25.2 Å². The number of rotatable bonds is 6. The average molecular weight is 385 g/mol. The maximum absolute atomic E-state index is 12.3. The average Bonchev–Trinajstić information content (AvgIpc) is 2.48. The van der Waals surface area contributed by atoms with Gasteiger partial charge in [-0.1, -0.05) is 73.4 Å². The van der Waals surface area contributed by atoms with Crippen molar-refractivity contribution in [3.63, 3.8) is 0 Å². The lowest BCUT2D eigenvalue weighted by Gasteiger charge is -2.39. The zero-order chi connectivity index (χ0) is 14.4. The van der Waals surface area contributed by atoms with Gasteiger partial charge in [0.2, 0.25) is 0 Å². The second kappa shape index (κ2) is 7.43. The van der Waals surface area contributed by atoms with E-state index in [9.17, 15) is 4.79 Å². The first-order valence-corrected chi connectivity index (χ1v) is 8.76. The normalized spacial score (nSPS) is 23.1. The standard InChI is InChI=1S/C17H24INO/c1-2-3-4-8-12-17(18)14-19(13-11-16(17)20)15-9-6-5-7-10-15/h5-7,9-10H,2-4,8,11-14H2,1H3. The lowest BCUT2D eigenvalue weighted by Crippen LogP contribution is -2.50. The second-order valence-electron chi connectivity index (χ2n) is 5.71. The fourth-order valence-corrected chi connectivity index (χ4v) is 3.90. The van der Waals surface area contributed by atoms with Crippen molar-refractivity contribution in [2.45, 2.75) is 48.9 Å². The first-order chi connectivity index (χ1) is 9.65. The smallest absolute Gasteiger partial charge is 0.152 e. The number of unbranched alkanes of at least 4 members (excludes halogenated alkanes) is 3. The molecule has 2 rings (SSSR count). The molecule has 1 heterocycles. The van der Waals surface area contributed by atoms with Crippen molar-refractivity contribution in [3.8, 4) is 0 Å². The number of hydrogen-bond acceptors (Lipinski definition) is 2. The Hall–Kier alpha value is -0.580. The van der Waals surface area contributed by atoms with Crippen molar-refractivity contribution in [3.05, 3.63) is 30.3 Å². The molecule has 0 bridgehead atoms. The lowest BCUT2D eigenvalue weighted by atomic mass is 9.90. The van der Waals surface area contributed by atoms with Crippen molar-refractivity contribution in [1.29, 1.82) is 0 Å². The third kappa shape index (κ3) is 3.96. The van der Waals surface area contributed by atoms with E-state index in [0.29, 0.717) is 12.2 Å². The first-order valence-electron chi connectivity index (χ1n) is 7.68. The van der Waals surface area contributed by atoms with Gasteiger partial charge >= 0.3 is 0 Å². The van der Waals surface area contributed by atoms with Crippen LogP contribution in [-0.4, -0.2) is 22.3 Å². The fourth-order valence-electron chi connectivity index (χ4n) is 2.84. The monoisotopic (exact) mass is 385 g/mol. The van der Waals surface area contributed by atoms with Gasteiger partial charge in [-0.05, 0) is 18.6 Å². The number of piperidine rings is 1. The molecule has 1 aromatic carbocycles. The Morgan fingerprint density at radius 1 is 1.20 bits per heavy atom. The van der Waals surface area contributed by atoms with Crippen molar-refractivity contribution in [2.75, 3.05) is 18.0 Å². The molecule has 0 amide bonds. The fraction of sp³-hybridized carbons (Fsp3) is 0.588. The molecule has 20 heavy (non-hydrogen) atoms. The van der Waals surface area contributed by atoms with Crippen LogP contribution in [0.15, 0.2) is 30.3 Å². The summed E-state index contributed by atoms with van der Waals surface area (Å²) in [6.07, 6.45) is 6.66. The number of Topliss-reactive ketones (excluding diaryl/α,β-unsaturated/α-hetero) is 1. The molecule has 1 atom stereocenters. The highest BCUT2D eigenvalue weighted by Gasteiger charge is 2.39. The summed E-state index contributed by atoms with van der Waals surface area (Å²) < 4.78 is -0.181. The van der Waals surface area contributed by atoms with Crippen LogP contribution in [0.3, 0.4) is 0 Å². The SMILES string of the molecule is CCCCCCC1(I)CN(c2ccccc2)CCC1=O. The van der Waals surface area contributed by atoms with E-state index in [0.717, 1.165) is 19.5 Å². The zero-order valence-electron chi connectivity index (χ0n) is 12.3. The highest BCUT2D eigenvalue weighted by Crippen LogP contribution is 2.34. The Balaban J connectivity index is 1.98. The van der Waals surface area contributed by atoms with Crippen LogP contribution in [-0.2, 0) is 4.79 Å². The maximum atomic E-state index is 12.3. The van der Waals surface area contributed by atoms with Crippen LogP contribution in [0.5, 0.6) is 0 Å². The molecule has 1 saturated heterocycles. The van der Waals surface area contributed by atoms with Crippen LogP contribution in [0.2, 0.25) is 0 Å². The summed E-state index contributed by atoms with van der Waals surface area (Å²) in [7, 11) is 0. The van der Waals surface area contributed by atoms with E-state index in [-0.39, 0.29) is 3.42 Å². The van der Waals surface area contributed by atoms with Gasteiger partial charge in [0.25, 0.3) is 0 Å². The highest BCUT2D eigenvalue weighted by molar-refractivity contribution is 14.1. The van der Waals surface area contributed by atoms with Gasteiger partial charge < -0.3 is 4.90 Å². The maximum Gasteiger partial charge on any atom is 0.152 e. The summed E-state index contributed by atoms with van der Waals surface area (Å²) in [4.78, 5) is 14.7. The number of carbonyl (C=O) groups excluding carboxylic acids is 1. The number of halogens is 1. The quantitative estimate of drug-likeness (QED) is 0.405. The van der Waals surface area contributed by atoms with E-state index in [4.69, 9.17) is 0 Å². The molecule has 3 heteroatoms. The molecule has 1 unspecified atom stereocenters. The molecule has 1 aromatic rings. The molecular weight excluding hydrogens is 361 g/mol. The minimum atomic E-state index is -0.181. The molecule has 110 valence electrons. The molecule has 0 radical (unpaired) electrons. The molecule has 1 fully saturated rings. The molecule has 2 nitrogen and oxygen atoms in total. The molecule has 0 spiro atoms. The van der Waals surface area contributed by atoms with Gasteiger partial charge in [0.05, 0.1) is 3.42 Å². The second-order valence-corrected chi connectivity index (χ2v) is 7.77. The van der Waals surface area contributed by atoms with Crippen LogP contribution >= 0.6 is 22.6 Å². The minimum Gasteiger partial charge on any atom is -0.369 e. The van der Waals surface area contributed by atoms with Crippen LogP contribution in [0, 0.1) is 0 Å². The molecule has 0 aliphatic carbocycles. The van der Waals surface area contributed by atoms with E-state index in [2.05, 4.69) is 58.7 Å². The number of ketones is 1. The van der Waals surface area contributed by atoms with Gasteiger partial charge in [-0.25, -0.2) is 0 Å². The summed E-state index contributed by atoms with van der Waals surface area (Å²) in [6, 6.07) is 10.5. The van der Waals surface area contributed by atoms with Crippen molar-refractivity contribution in [2.24, 2.45) is 0 Å². The van der Waals surface area contributed by atoms with Crippen LogP contribution in [0.1, 0.15) is 45.4 Å². The number of nitrogens with zero attached hydrogens (tertiary/aromatic N) is 1. The van der Waals surface area contributed by atoms with E-state index in [1.807, 2.05) is 6.07 Å². The molecular formula is C17H24INO. The van der Waals surface area contributed by atoms with Gasteiger partial charge in [-0.15, -0.1) is 0 Å². The third-order valence-electron chi connectivity index (χ3n) is 4.10.